The Hall–Kier alpha value is -12.8. The van der Waals surface area contributed by atoms with Crippen LogP contribution >= 0.6 is 0 Å². The molecule has 0 radical (unpaired) electrons. The van der Waals surface area contributed by atoms with Crippen molar-refractivity contribution in [2.45, 2.75) is 0 Å². The van der Waals surface area contributed by atoms with E-state index in [1.54, 1.807) is 0 Å². The Kier molecular flexibility index (Phi) is 11.2. The largest absolute Gasteiger partial charge is 0.309 e. The molecule has 0 saturated carbocycles. The van der Waals surface area contributed by atoms with Crippen molar-refractivity contribution in [2.75, 3.05) is 0 Å². The normalized spacial score (nSPS) is 12.2. The van der Waals surface area contributed by atoms with Gasteiger partial charge in [-0.1, -0.05) is 243 Å². The molecule has 96 heavy (non-hydrogen) atoms. The maximum absolute atomic E-state index is 2.49. The summed E-state index contributed by atoms with van der Waals surface area (Å²) in [5.41, 5.74) is 21.3. The van der Waals surface area contributed by atoms with E-state index in [4.69, 9.17) is 0 Å². The summed E-state index contributed by atoms with van der Waals surface area (Å²) in [6.45, 7) is 0. The van der Waals surface area contributed by atoms with Crippen molar-refractivity contribution in [2.24, 2.45) is 0 Å². The average molecular weight is 1220 g/mol. The van der Waals surface area contributed by atoms with Crippen molar-refractivity contribution in [1.82, 2.24) is 18.3 Å². The number of para-hydroxylation sites is 4. The number of aromatic nitrogens is 4. The monoisotopic (exact) mass is 1220 g/mol. The Morgan fingerprint density at radius 2 is 0.479 bits per heavy atom. The van der Waals surface area contributed by atoms with Crippen LogP contribution in [0, 0.1) is 0 Å². The Labute approximate surface area is 551 Å². The summed E-state index contributed by atoms with van der Waals surface area (Å²) in [6.07, 6.45) is 0. The predicted octanol–water partition coefficient (Wildman–Crippen LogP) is 24.8. The van der Waals surface area contributed by atoms with Gasteiger partial charge in [-0.25, -0.2) is 0 Å². The van der Waals surface area contributed by atoms with Crippen LogP contribution in [0.2, 0.25) is 0 Å². The van der Waals surface area contributed by atoms with E-state index in [-0.39, 0.29) is 0 Å². The highest BCUT2D eigenvalue weighted by molar-refractivity contribution is 6.29. The van der Waals surface area contributed by atoms with E-state index in [0.717, 1.165) is 22.7 Å². The van der Waals surface area contributed by atoms with Crippen molar-refractivity contribution < 1.29 is 0 Å². The summed E-state index contributed by atoms with van der Waals surface area (Å²) in [4.78, 5) is 0. The van der Waals surface area contributed by atoms with Crippen LogP contribution in [0.3, 0.4) is 0 Å². The van der Waals surface area contributed by atoms with Gasteiger partial charge in [0, 0.05) is 65.8 Å². The zero-order valence-electron chi connectivity index (χ0n) is 52.1. The summed E-state index contributed by atoms with van der Waals surface area (Å²) in [7, 11) is 0. The smallest absolute Gasteiger partial charge is 0.0548 e. The van der Waals surface area contributed by atoms with Crippen molar-refractivity contribution in [3.8, 4) is 56.1 Å². The Balaban J connectivity index is 0.640. The zero-order chi connectivity index (χ0) is 62.7. The highest BCUT2D eigenvalue weighted by Gasteiger charge is 2.23. The van der Waals surface area contributed by atoms with Gasteiger partial charge in [0.05, 0.1) is 44.1 Å². The van der Waals surface area contributed by atoms with Gasteiger partial charge in [0.15, 0.2) is 0 Å². The molecule has 0 unspecified atom stereocenters. The molecular weight excluding hydrogens is 1160 g/mol. The van der Waals surface area contributed by atoms with Gasteiger partial charge < -0.3 is 18.3 Å². The van der Waals surface area contributed by atoms with Crippen LogP contribution in [0.25, 0.3) is 197 Å². The second-order valence-electron chi connectivity index (χ2n) is 25.9. The second-order valence-corrected chi connectivity index (χ2v) is 25.9. The molecule has 4 nitrogen and oxygen atoms in total. The molecule has 0 bridgehead atoms. The minimum atomic E-state index is 1.13. The average Bonchev–Trinajstić information content (AvgIpc) is 1.59. The van der Waals surface area contributed by atoms with Crippen LogP contribution in [-0.4, -0.2) is 18.3 Å². The third-order valence-electron chi connectivity index (χ3n) is 20.9. The fraction of sp³-hybridized carbons (Fsp3) is 0. The fourth-order valence-corrected chi connectivity index (χ4v) is 16.6. The van der Waals surface area contributed by atoms with Gasteiger partial charge in [-0.3, -0.25) is 0 Å². The van der Waals surface area contributed by atoms with E-state index in [9.17, 15) is 0 Å². The molecule has 21 aromatic rings. The number of hydrogen-bond acceptors (Lipinski definition) is 0. The van der Waals surface area contributed by atoms with Crippen LogP contribution in [0.4, 0.5) is 0 Å². The third kappa shape index (κ3) is 7.72. The molecular formula is C92H56N4. The van der Waals surface area contributed by atoms with Gasteiger partial charge in [0.25, 0.3) is 0 Å². The standard InChI is InChI=1S/C92H56N4/c1-2-17-57(18-3-1)59-39-43-64(44-40-59)93-85-30-13-9-23-74(85)81-56-91-83(54-89(81)93)76-25-11-15-32-87(76)96(91)67-48-50-72-78-28-16-27-70(92(78)77-26-7-6-21-71(77)79(72)52-67)62-35-33-58(34-36-62)60-41-45-65(46-42-60)94-84-29-12-8-22-73(84)80-55-90-82(53-88(80)94)75-24-10-14-31-86(75)95(90)66-47-49-69-63(51-66)38-37-61-19-4-5-20-68(61)69/h1-56H. The first kappa shape index (κ1) is 52.8. The molecule has 0 fully saturated rings. The summed E-state index contributed by atoms with van der Waals surface area (Å²) >= 11 is 0. The maximum Gasteiger partial charge on any atom is 0.0548 e. The van der Waals surface area contributed by atoms with E-state index in [0.29, 0.717) is 0 Å². The summed E-state index contributed by atoms with van der Waals surface area (Å²) in [5, 5.41) is 22.4. The van der Waals surface area contributed by atoms with Crippen molar-refractivity contribution in [3.05, 3.63) is 340 Å². The molecule has 0 atom stereocenters. The first-order chi connectivity index (χ1) is 47.6. The Bertz CT molecular complexity index is 6810. The third-order valence-corrected chi connectivity index (χ3v) is 20.9. The first-order valence-corrected chi connectivity index (χ1v) is 33.2. The topological polar surface area (TPSA) is 19.7 Å². The van der Waals surface area contributed by atoms with Crippen molar-refractivity contribution >= 4 is 141 Å². The molecule has 4 heteroatoms. The lowest BCUT2D eigenvalue weighted by molar-refractivity contribution is 1.18. The van der Waals surface area contributed by atoms with Crippen LogP contribution < -0.4 is 0 Å². The van der Waals surface area contributed by atoms with Gasteiger partial charge in [0.1, 0.15) is 0 Å². The summed E-state index contributed by atoms with van der Waals surface area (Å²) < 4.78 is 9.85. The molecule has 0 aliphatic heterocycles. The van der Waals surface area contributed by atoms with Crippen LogP contribution in [0.1, 0.15) is 0 Å². The van der Waals surface area contributed by atoms with Gasteiger partial charge in [0.2, 0.25) is 0 Å². The van der Waals surface area contributed by atoms with E-state index in [1.165, 1.54) is 174 Å². The fourth-order valence-electron chi connectivity index (χ4n) is 16.6. The van der Waals surface area contributed by atoms with Gasteiger partial charge in [-0.15, -0.1) is 0 Å². The summed E-state index contributed by atoms with van der Waals surface area (Å²) in [6, 6.07) is 126. The van der Waals surface area contributed by atoms with Crippen LogP contribution in [-0.2, 0) is 0 Å². The number of benzene rings is 17. The van der Waals surface area contributed by atoms with Gasteiger partial charge >= 0.3 is 0 Å². The van der Waals surface area contributed by atoms with E-state index < -0.39 is 0 Å². The lowest BCUT2D eigenvalue weighted by atomic mass is 9.89. The van der Waals surface area contributed by atoms with E-state index in [1.807, 2.05) is 0 Å². The Morgan fingerprint density at radius 1 is 0.146 bits per heavy atom. The molecule has 0 saturated heterocycles. The maximum atomic E-state index is 2.49. The van der Waals surface area contributed by atoms with E-state index in [2.05, 4.69) is 358 Å². The van der Waals surface area contributed by atoms with Gasteiger partial charge in [-0.05, 0) is 184 Å². The number of hydrogen-bond donors (Lipinski definition) is 0. The highest BCUT2D eigenvalue weighted by atomic mass is 15.0. The van der Waals surface area contributed by atoms with Crippen molar-refractivity contribution in [3.63, 3.8) is 0 Å². The van der Waals surface area contributed by atoms with Crippen molar-refractivity contribution in [1.29, 1.82) is 0 Å². The molecule has 0 aliphatic carbocycles. The second kappa shape index (κ2) is 20.4. The quantitative estimate of drug-likeness (QED) is 0.142. The van der Waals surface area contributed by atoms with Gasteiger partial charge in [-0.2, -0.15) is 0 Å². The molecule has 0 spiro atoms. The molecule has 21 rings (SSSR count). The SMILES string of the molecule is c1ccc(-c2ccc(-n3c4ccccc4c4cc5c(cc43)c3ccccc3n5-c3ccc4c(c3)c3ccccc3c3c(-c5ccc(-c6ccc(-n7c8ccccc8c8cc9c(cc87)c7ccccc7n9-c7ccc8c(ccc9ccccc98)c7)cc6)cc5)cccc43)cc2)cc1. The zero-order valence-corrected chi connectivity index (χ0v) is 52.1. The summed E-state index contributed by atoms with van der Waals surface area (Å²) in [5.74, 6) is 0. The number of fused-ring (bicyclic) bond motifs is 21. The molecule has 17 aromatic carbocycles. The molecule has 4 aromatic heterocycles. The molecule has 444 valence electrons. The molecule has 0 amide bonds. The first-order valence-electron chi connectivity index (χ1n) is 33.2. The lowest BCUT2D eigenvalue weighted by Gasteiger charge is -2.16. The molecule has 0 N–H and O–H groups in total. The number of nitrogens with zero attached hydrogens (tertiary/aromatic N) is 4. The highest BCUT2D eigenvalue weighted by Crippen LogP contribution is 2.46. The number of rotatable bonds is 7. The predicted molar refractivity (Wildman–Crippen MR) is 408 cm³/mol. The van der Waals surface area contributed by atoms with Crippen LogP contribution in [0.15, 0.2) is 340 Å². The molecule has 0 aliphatic rings. The molecule has 4 heterocycles. The van der Waals surface area contributed by atoms with E-state index >= 15 is 0 Å². The minimum Gasteiger partial charge on any atom is -0.309 e. The van der Waals surface area contributed by atoms with Crippen LogP contribution in [0.5, 0.6) is 0 Å². The Morgan fingerprint density at radius 3 is 0.990 bits per heavy atom. The minimum absolute atomic E-state index is 1.13. The lowest BCUT2D eigenvalue weighted by Crippen LogP contribution is -1.95.